The maximum Gasteiger partial charge on any atom is 0.463 e. The van der Waals surface area contributed by atoms with Crippen molar-refractivity contribution in [3.8, 4) is 0 Å². The zero-order chi connectivity index (χ0) is 14.8. The quantitative estimate of drug-likeness (QED) is 0.846. The first kappa shape index (κ1) is 15.4. The van der Waals surface area contributed by atoms with Gasteiger partial charge in [-0.05, 0) is 19.4 Å². The Morgan fingerprint density at radius 1 is 1.11 bits per heavy atom. The number of alkyl halides is 5. The average Bonchev–Trinajstić information content (AvgIpc) is 2.28. The summed E-state index contributed by atoms with van der Waals surface area (Å²) in [6.45, 7) is 3.12. The third kappa shape index (κ3) is 3.42. The van der Waals surface area contributed by atoms with E-state index in [0.29, 0.717) is 5.56 Å². The number of halogens is 5. The van der Waals surface area contributed by atoms with Crippen molar-refractivity contribution in [3.63, 3.8) is 0 Å². The predicted molar refractivity (Wildman–Crippen MR) is 58.7 cm³/mol. The summed E-state index contributed by atoms with van der Waals surface area (Å²) in [5.41, 5.74) is 1.35. The number of benzene rings is 1. The molecule has 7 heteroatoms. The fraction of sp³-hybridized carbons (Fsp3) is 0.417. The van der Waals surface area contributed by atoms with Crippen molar-refractivity contribution >= 4 is 5.91 Å². The number of carbonyl (C=O) groups excluding carboxylic acids is 1. The Hall–Kier alpha value is -1.66. The van der Waals surface area contributed by atoms with Gasteiger partial charge in [-0.15, -0.1) is 0 Å². The van der Waals surface area contributed by atoms with Crippen molar-refractivity contribution in [3.05, 3.63) is 35.4 Å². The summed E-state index contributed by atoms with van der Waals surface area (Å²) >= 11 is 0. The lowest BCUT2D eigenvalue weighted by molar-refractivity contribution is -0.270. The normalized spacial score (nSPS) is 14.1. The van der Waals surface area contributed by atoms with E-state index >= 15 is 0 Å². The highest BCUT2D eigenvalue weighted by atomic mass is 19.4. The van der Waals surface area contributed by atoms with E-state index in [9.17, 15) is 26.7 Å². The van der Waals surface area contributed by atoms with Crippen LogP contribution in [0.4, 0.5) is 22.0 Å². The number of amides is 1. The zero-order valence-corrected chi connectivity index (χ0v) is 10.2. The number of aryl methyl sites for hydroxylation is 1. The number of hydrogen-bond acceptors (Lipinski definition) is 1. The van der Waals surface area contributed by atoms with E-state index in [0.717, 1.165) is 5.56 Å². The van der Waals surface area contributed by atoms with Gasteiger partial charge in [-0.2, -0.15) is 22.0 Å². The van der Waals surface area contributed by atoms with Crippen molar-refractivity contribution in [2.24, 2.45) is 0 Å². The van der Waals surface area contributed by atoms with Crippen LogP contribution in [-0.4, -0.2) is 18.0 Å². The number of rotatable bonds is 3. The van der Waals surface area contributed by atoms with Crippen molar-refractivity contribution in [2.75, 3.05) is 0 Å². The van der Waals surface area contributed by atoms with E-state index in [1.165, 1.54) is 6.92 Å². The molecular weight excluding hydrogens is 269 g/mol. The molecule has 1 amide bonds. The molecule has 0 aliphatic carbocycles. The molecule has 0 aromatic heterocycles. The molecule has 0 spiro atoms. The van der Waals surface area contributed by atoms with Gasteiger partial charge in [0.2, 0.25) is 0 Å². The van der Waals surface area contributed by atoms with Crippen LogP contribution in [0.1, 0.15) is 24.1 Å². The molecule has 1 aromatic rings. The van der Waals surface area contributed by atoms with Gasteiger partial charge in [-0.1, -0.05) is 29.8 Å². The fourth-order valence-corrected chi connectivity index (χ4v) is 1.35. The molecule has 19 heavy (non-hydrogen) atoms. The Balaban J connectivity index is 2.80. The molecule has 0 aliphatic heterocycles. The maximum absolute atomic E-state index is 12.7. The van der Waals surface area contributed by atoms with Gasteiger partial charge in [-0.25, -0.2) is 0 Å². The van der Waals surface area contributed by atoms with Crippen LogP contribution in [0.5, 0.6) is 0 Å². The van der Waals surface area contributed by atoms with Gasteiger partial charge in [0.25, 0.3) is 0 Å². The van der Waals surface area contributed by atoms with E-state index < -0.39 is 24.0 Å². The minimum Gasteiger partial charge on any atom is -0.344 e. The van der Waals surface area contributed by atoms with Crippen molar-refractivity contribution in [1.29, 1.82) is 0 Å². The van der Waals surface area contributed by atoms with Crippen LogP contribution in [0.15, 0.2) is 24.3 Å². The van der Waals surface area contributed by atoms with Crippen LogP contribution in [-0.2, 0) is 4.79 Å². The molecule has 0 fully saturated rings. The third-order valence-electron chi connectivity index (χ3n) is 2.57. The Bertz CT molecular complexity index is 452. The SMILES string of the molecule is Cc1ccc([C@H](C)NC(=O)C(F)(F)C(F)(F)F)cc1. The lowest BCUT2D eigenvalue weighted by Gasteiger charge is -2.21. The highest BCUT2D eigenvalue weighted by Crippen LogP contribution is 2.35. The minimum absolute atomic E-state index is 0.442. The standard InChI is InChI=1S/C12H12F5NO/c1-7-3-5-9(6-4-7)8(2)18-10(19)11(13,14)12(15,16)17/h3-6,8H,1-2H3,(H,18,19)/t8-/m0/s1. The first-order chi connectivity index (χ1) is 8.55. The second-order valence-corrected chi connectivity index (χ2v) is 4.18. The summed E-state index contributed by atoms with van der Waals surface area (Å²) in [5.74, 6) is -7.75. The molecule has 2 nitrogen and oxygen atoms in total. The van der Waals surface area contributed by atoms with Crippen LogP contribution in [0.25, 0.3) is 0 Å². The van der Waals surface area contributed by atoms with Crippen molar-refractivity contribution < 1.29 is 26.7 Å². The highest BCUT2D eigenvalue weighted by Gasteiger charge is 2.63. The van der Waals surface area contributed by atoms with Crippen LogP contribution >= 0.6 is 0 Å². The predicted octanol–water partition coefficient (Wildman–Crippen LogP) is 3.37. The number of nitrogens with one attached hydrogen (secondary N) is 1. The van der Waals surface area contributed by atoms with E-state index in [1.54, 1.807) is 36.5 Å². The molecule has 0 saturated carbocycles. The van der Waals surface area contributed by atoms with E-state index in [4.69, 9.17) is 0 Å². The van der Waals surface area contributed by atoms with Gasteiger partial charge in [-0.3, -0.25) is 4.79 Å². The average molecular weight is 281 g/mol. The van der Waals surface area contributed by atoms with Crippen molar-refractivity contribution in [2.45, 2.75) is 32.0 Å². The van der Waals surface area contributed by atoms with Gasteiger partial charge >= 0.3 is 18.0 Å². The van der Waals surface area contributed by atoms with Gasteiger partial charge in [0.05, 0.1) is 6.04 Å². The molecule has 0 heterocycles. The number of hydrogen-bond donors (Lipinski definition) is 1. The number of carbonyl (C=O) groups is 1. The highest BCUT2D eigenvalue weighted by molar-refractivity contribution is 5.84. The molecule has 0 unspecified atom stereocenters. The van der Waals surface area contributed by atoms with Crippen LogP contribution in [0.3, 0.4) is 0 Å². The molecule has 106 valence electrons. The van der Waals surface area contributed by atoms with Gasteiger partial charge in [0.1, 0.15) is 0 Å². The molecule has 1 rings (SSSR count). The Labute approximate surface area is 106 Å². The summed E-state index contributed by atoms with van der Waals surface area (Å²) < 4.78 is 61.4. The second-order valence-electron chi connectivity index (χ2n) is 4.18. The van der Waals surface area contributed by atoms with E-state index in [-0.39, 0.29) is 0 Å². The zero-order valence-electron chi connectivity index (χ0n) is 10.2. The molecular formula is C12H12F5NO. The molecule has 0 aliphatic rings. The van der Waals surface area contributed by atoms with E-state index in [1.807, 2.05) is 0 Å². The monoisotopic (exact) mass is 281 g/mol. The first-order valence-corrected chi connectivity index (χ1v) is 5.38. The van der Waals surface area contributed by atoms with Crippen LogP contribution in [0, 0.1) is 6.92 Å². The second kappa shape index (κ2) is 5.14. The maximum atomic E-state index is 12.7. The lowest BCUT2D eigenvalue weighted by atomic mass is 10.1. The first-order valence-electron chi connectivity index (χ1n) is 5.38. The Morgan fingerprint density at radius 2 is 1.58 bits per heavy atom. The molecule has 0 bridgehead atoms. The van der Waals surface area contributed by atoms with Gasteiger partial charge in [0.15, 0.2) is 0 Å². The topological polar surface area (TPSA) is 29.1 Å². The van der Waals surface area contributed by atoms with E-state index in [2.05, 4.69) is 0 Å². The summed E-state index contributed by atoms with van der Waals surface area (Å²) in [6, 6.07) is 5.49. The molecule has 1 atom stereocenters. The largest absolute Gasteiger partial charge is 0.463 e. The summed E-state index contributed by atoms with van der Waals surface area (Å²) in [6.07, 6.45) is -5.90. The fourth-order valence-electron chi connectivity index (χ4n) is 1.35. The van der Waals surface area contributed by atoms with Crippen LogP contribution < -0.4 is 5.32 Å². The Kier molecular flexibility index (Phi) is 4.17. The smallest absolute Gasteiger partial charge is 0.344 e. The third-order valence-corrected chi connectivity index (χ3v) is 2.57. The van der Waals surface area contributed by atoms with Crippen LogP contribution in [0.2, 0.25) is 0 Å². The van der Waals surface area contributed by atoms with Gasteiger partial charge < -0.3 is 5.32 Å². The Morgan fingerprint density at radius 3 is 2.00 bits per heavy atom. The molecule has 0 saturated heterocycles. The summed E-state index contributed by atoms with van der Waals surface area (Å²) in [4.78, 5) is 11.0. The summed E-state index contributed by atoms with van der Waals surface area (Å²) in [5, 5.41) is 1.65. The lowest BCUT2D eigenvalue weighted by Crippen LogP contribution is -2.50. The minimum atomic E-state index is -5.90. The molecule has 1 aromatic carbocycles. The van der Waals surface area contributed by atoms with Gasteiger partial charge in [0, 0.05) is 0 Å². The van der Waals surface area contributed by atoms with Crippen molar-refractivity contribution in [1.82, 2.24) is 5.32 Å². The molecule has 0 radical (unpaired) electrons. The summed E-state index contributed by atoms with van der Waals surface area (Å²) in [7, 11) is 0. The molecule has 1 N–H and O–H groups in total.